The van der Waals surface area contributed by atoms with E-state index in [1.165, 1.54) is 19.2 Å². The molecule has 1 aliphatic rings. The number of aryl methyl sites for hydroxylation is 2. The van der Waals surface area contributed by atoms with Crippen molar-refractivity contribution < 1.29 is 30.8 Å². The Kier molecular flexibility index (Phi) is 5.70. The van der Waals surface area contributed by atoms with Crippen LogP contribution < -0.4 is 5.32 Å². The van der Waals surface area contributed by atoms with Crippen LogP contribution in [0.25, 0.3) is 0 Å². The highest BCUT2D eigenvalue weighted by Gasteiger charge is 2.48. The molecule has 11 heteroatoms. The fraction of sp³-hybridized carbons (Fsp3) is 0.474. The number of hydrogen-bond donors (Lipinski definition) is 1. The molecule has 0 saturated heterocycles. The topological polar surface area (TPSA) is 81.1 Å². The first-order valence-corrected chi connectivity index (χ1v) is 10.7. The smallest absolute Gasteiger partial charge is 0.348 e. The average molecular weight is 447 g/mol. The maximum absolute atomic E-state index is 15.4. The molecule has 1 saturated carbocycles. The second-order valence-electron chi connectivity index (χ2n) is 7.49. The standard InChI is InChI=1S/C19H21F4N3O3S/c1-12-4-3-5-14(10-12)30(28,29)18(20)8-6-13(7-9-18)24-17(27)15-11-16(19(21,22)23)25-26(15)2/h3-5,10-11,13H,6-9H2,1-2H3,(H,24,27)/t13-,18+. The minimum atomic E-state index is -4.68. The van der Waals surface area contributed by atoms with Crippen molar-refractivity contribution >= 4 is 15.7 Å². The van der Waals surface area contributed by atoms with Gasteiger partial charge in [0.2, 0.25) is 14.8 Å². The third kappa shape index (κ3) is 4.21. The third-order valence-corrected chi connectivity index (χ3v) is 7.50. The zero-order chi connectivity index (χ0) is 22.3. The number of carbonyl (C=O) groups excluding carboxylic acids is 1. The Labute approximate surface area is 171 Å². The minimum Gasteiger partial charge on any atom is -0.348 e. The third-order valence-electron chi connectivity index (χ3n) is 5.25. The van der Waals surface area contributed by atoms with Crippen LogP contribution in [0.5, 0.6) is 0 Å². The van der Waals surface area contributed by atoms with Gasteiger partial charge < -0.3 is 5.32 Å². The van der Waals surface area contributed by atoms with Crippen LogP contribution in [0.4, 0.5) is 17.6 Å². The maximum Gasteiger partial charge on any atom is 0.435 e. The molecule has 0 unspecified atom stereocenters. The highest BCUT2D eigenvalue weighted by molar-refractivity contribution is 7.92. The number of benzene rings is 1. The first-order valence-electron chi connectivity index (χ1n) is 9.26. The predicted octanol–water partition coefficient (Wildman–Crippen LogP) is 3.56. The van der Waals surface area contributed by atoms with E-state index in [1.807, 2.05) is 0 Å². The molecule has 2 aromatic rings. The number of carbonyl (C=O) groups is 1. The van der Waals surface area contributed by atoms with E-state index in [-0.39, 0.29) is 36.3 Å². The summed E-state index contributed by atoms with van der Waals surface area (Å²) >= 11 is 0. The Morgan fingerprint density at radius 1 is 1.23 bits per heavy atom. The van der Waals surface area contributed by atoms with Gasteiger partial charge in [0.25, 0.3) is 5.91 Å². The van der Waals surface area contributed by atoms with E-state index in [2.05, 4.69) is 10.4 Å². The van der Waals surface area contributed by atoms with Crippen molar-refractivity contribution in [3.63, 3.8) is 0 Å². The Balaban J connectivity index is 1.68. The highest BCUT2D eigenvalue weighted by atomic mass is 32.2. The van der Waals surface area contributed by atoms with Gasteiger partial charge in [0.15, 0.2) is 5.69 Å². The quantitative estimate of drug-likeness (QED) is 0.727. The van der Waals surface area contributed by atoms with Gasteiger partial charge in [-0.15, -0.1) is 0 Å². The molecule has 0 aliphatic heterocycles. The number of halogens is 4. The van der Waals surface area contributed by atoms with Crippen molar-refractivity contribution in [2.75, 3.05) is 0 Å². The molecular formula is C19H21F4N3O3S. The van der Waals surface area contributed by atoms with Crippen LogP contribution in [0.2, 0.25) is 0 Å². The molecule has 0 spiro atoms. The van der Waals surface area contributed by atoms with E-state index in [9.17, 15) is 26.4 Å². The monoisotopic (exact) mass is 447 g/mol. The van der Waals surface area contributed by atoms with Crippen molar-refractivity contribution in [2.45, 2.75) is 54.7 Å². The Bertz CT molecular complexity index is 1060. The van der Waals surface area contributed by atoms with E-state index in [4.69, 9.17) is 0 Å². The largest absolute Gasteiger partial charge is 0.435 e. The number of alkyl halides is 4. The molecule has 1 heterocycles. The normalized spacial score (nSPS) is 22.7. The summed E-state index contributed by atoms with van der Waals surface area (Å²) in [5, 5.41) is 3.37. The van der Waals surface area contributed by atoms with Gasteiger partial charge in [-0.05, 0) is 50.3 Å². The van der Waals surface area contributed by atoms with E-state index in [1.54, 1.807) is 19.1 Å². The molecule has 0 atom stereocenters. The summed E-state index contributed by atoms with van der Waals surface area (Å²) in [4.78, 5) is 12.2. The van der Waals surface area contributed by atoms with Crippen LogP contribution >= 0.6 is 0 Å². The molecule has 0 radical (unpaired) electrons. The summed E-state index contributed by atoms with van der Waals surface area (Å²) < 4.78 is 80.0. The van der Waals surface area contributed by atoms with E-state index in [0.29, 0.717) is 11.6 Å². The summed E-state index contributed by atoms with van der Waals surface area (Å²) in [5.74, 6) is -0.779. The predicted molar refractivity (Wildman–Crippen MR) is 100 cm³/mol. The van der Waals surface area contributed by atoms with Crippen LogP contribution in [0.3, 0.4) is 0 Å². The van der Waals surface area contributed by atoms with Gasteiger partial charge in [-0.3, -0.25) is 9.48 Å². The van der Waals surface area contributed by atoms with Gasteiger partial charge in [-0.25, -0.2) is 12.8 Å². The van der Waals surface area contributed by atoms with Crippen molar-refractivity contribution in [1.29, 1.82) is 0 Å². The number of aromatic nitrogens is 2. The average Bonchev–Trinajstić information content (AvgIpc) is 3.06. The zero-order valence-electron chi connectivity index (χ0n) is 16.3. The number of nitrogens with one attached hydrogen (secondary N) is 1. The second-order valence-corrected chi connectivity index (χ2v) is 9.70. The Morgan fingerprint density at radius 2 is 1.87 bits per heavy atom. The Morgan fingerprint density at radius 3 is 2.40 bits per heavy atom. The lowest BCUT2D eigenvalue weighted by Gasteiger charge is -2.33. The summed E-state index contributed by atoms with van der Waals surface area (Å²) in [6.45, 7) is 1.71. The van der Waals surface area contributed by atoms with Gasteiger partial charge >= 0.3 is 6.18 Å². The van der Waals surface area contributed by atoms with Gasteiger partial charge in [0.1, 0.15) is 5.69 Å². The van der Waals surface area contributed by atoms with Crippen molar-refractivity contribution in [3.05, 3.63) is 47.3 Å². The van der Waals surface area contributed by atoms with Crippen LogP contribution in [-0.2, 0) is 23.1 Å². The number of nitrogens with zero attached hydrogens (tertiary/aromatic N) is 2. The van der Waals surface area contributed by atoms with Gasteiger partial charge in [0, 0.05) is 19.2 Å². The lowest BCUT2D eigenvalue weighted by atomic mass is 9.93. The summed E-state index contributed by atoms with van der Waals surface area (Å²) in [6, 6.07) is 6.08. The zero-order valence-corrected chi connectivity index (χ0v) is 17.1. The molecule has 1 amide bonds. The van der Waals surface area contributed by atoms with Crippen LogP contribution in [0.1, 0.15) is 47.4 Å². The lowest BCUT2D eigenvalue weighted by molar-refractivity contribution is -0.141. The molecule has 30 heavy (non-hydrogen) atoms. The minimum absolute atomic E-state index is 0.0390. The number of amides is 1. The van der Waals surface area contributed by atoms with Crippen molar-refractivity contribution in [3.8, 4) is 0 Å². The summed E-state index contributed by atoms with van der Waals surface area (Å²) in [7, 11) is -3.01. The molecule has 1 N–H and O–H groups in total. The maximum atomic E-state index is 15.4. The molecule has 1 fully saturated rings. The highest BCUT2D eigenvalue weighted by Crippen LogP contribution is 2.40. The molecule has 0 bridgehead atoms. The first kappa shape index (κ1) is 22.3. The molecule has 1 aromatic heterocycles. The molecular weight excluding hydrogens is 426 g/mol. The summed E-state index contributed by atoms with van der Waals surface area (Å²) in [6.07, 6.45) is -5.26. The SMILES string of the molecule is Cc1cccc(S(=O)(=O)[C@]2(F)CC[C@H](NC(=O)c3cc(C(F)(F)F)nn3C)CC2)c1. The molecule has 1 aromatic carbocycles. The second kappa shape index (κ2) is 7.68. The summed E-state index contributed by atoms with van der Waals surface area (Å²) in [5.41, 5.74) is -0.785. The van der Waals surface area contributed by atoms with Crippen LogP contribution in [0.15, 0.2) is 35.2 Å². The molecule has 3 rings (SSSR count). The van der Waals surface area contributed by atoms with Gasteiger partial charge in [-0.1, -0.05) is 12.1 Å². The molecule has 164 valence electrons. The van der Waals surface area contributed by atoms with E-state index >= 15 is 4.39 Å². The number of sulfone groups is 1. The molecule has 1 aliphatic carbocycles. The van der Waals surface area contributed by atoms with E-state index in [0.717, 1.165) is 4.68 Å². The Hall–Kier alpha value is -2.43. The fourth-order valence-electron chi connectivity index (χ4n) is 3.53. The molecule has 6 nitrogen and oxygen atoms in total. The number of hydrogen-bond acceptors (Lipinski definition) is 4. The van der Waals surface area contributed by atoms with Crippen LogP contribution in [-0.4, -0.2) is 35.1 Å². The lowest BCUT2D eigenvalue weighted by Crippen LogP contribution is -2.45. The van der Waals surface area contributed by atoms with E-state index < -0.39 is 38.7 Å². The van der Waals surface area contributed by atoms with Crippen molar-refractivity contribution in [1.82, 2.24) is 15.1 Å². The van der Waals surface area contributed by atoms with Crippen molar-refractivity contribution in [2.24, 2.45) is 7.05 Å². The van der Waals surface area contributed by atoms with Crippen LogP contribution in [0, 0.1) is 6.92 Å². The first-order chi connectivity index (χ1) is 13.8. The number of rotatable bonds is 4. The fourth-order valence-corrected chi connectivity index (χ4v) is 5.33. The van der Waals surface area contributed by atoms with Gasteiger partial charge in [-0.2, -0.15) is 18.3 Å². The van der Waals surface area contributed by atoms with Gasteiger partial charge in [0.05, 0.1) is 4.90 Å².